The molecule has 182 valence electrons. The average Bonchev–Trinajstić information content (AvgIpc) is 2.84. The smallest absolute Gasteiger partial charge is 0.321 e. The lowest BCUT2D eigenvalue weighted by atomic mass is 10.0. The second kappa shape index (κ2) is 11.9. The van der Waals surface area contributed by atoms with Crippen molar-refractivity contribution in [2.75, 3.05) is 32.6 Å². The zero-order valence-electron chi connectivity index (χ0n) is 19.8. The molecule has 4 amide bonds. The molecule has 2 aromatic rings. The summed E-state index contributed by atoms with van der Waals surface area (Å²) in [5, 5.41) is 8.66. The van der Waals surface area contributed by atoms with Crippen LogP contribution < -0.4 is 25.4 Å². The molecule has 0 saturated carbocycles. The molecule has 0 bridgehead atoms. The Morgan fingerprint density at radius 3 is 2.29 bits per heavy atom. The number of urea groups is 1. The minimum absolute atomic E-state index is 0.0741. The van der Waals surface area contributed by atoms with Crippen LogP contribution in [0.4, 0.5) is 10.5 Å². The fraction of sp³-hybridized carbons (Fsp3) is 0.400. The fourth-order valence-electron chi connectivity index (χ4n) is 3.92. The van der Waals surface area contributed by atoms with Gasteiger partial charge in [0.15, 0.2) is 0 Å². The summed E-state index contributed by atoms with van der Waals surface area (Å²) >= 11 is 0. The monoisotopic (exact) mass is 468 g/mol. The van der Waals surface area contributed by atoms with Crippen LogP contribution in [0.15, 0.2) is 48.5 Å². The maximum atomic E-state index is 13.0. The molecular formula is C25H32N4O5. The number of carbonyl (C=O) groups is 3. The highest BCUT2D eigenvalue weighted by Crippen LogP contribution is 2.19. The van der Waals surface area contributed by atoms with E-state index in [1.165, 1.54) is 6.92 Å². The molecule has 1 heterocycles. The number of carbonyl (C=O) groups excluding carboxylic acids is 3. The maximum absolute atomic E-state index is 13.0. The van der Waals surface area contributed by atoms with Crippen LogP contribution in [0.2, 0.25) is 0 Å². The van der Waals surface area contributed by atoms with Crippen molar-refractivity contribution < 1.29 is 23.9 Å². The number of amides is 4. The predicted octanol–water partition coefficient (Wildman–Crippen LogP) is 2.56. The van der Waals surface area contributed by atoms with Crippen LogP contribution in [-0.4, -0.2) is 62.1 Å². The summed E-state index contributed by atoms with van der Waals surface area (Å²) < 4.78 is 10.4. The van der Waals surface area contributed by atoms with E-state index in [0.717, 1.165) is 5.56 Å². The number of ether oxygens (including phenoxy) is 2. The average molecular weight is 469 g/mol. The molecule has 0 aromatic heterocycles. The number of nitrogens with zero attached hydrogens (tertiary/aromatic N) is 1. The van der Waals surface area contributed by atoms with Crippen LogP contribution in [0, 0.1) is 0 Å². The van der Waals surface area contributed by atoms with Gasteiger partial charge in [0, 0.05) is 44.2 Å². The van der Waals surface area contributed by atoms with E-state index in [2.05, 4.69) is 16.0 Å². The van der Waals surface area contributed by atoms with Gasteiger partial charge in [0.2, 0.25) is 11.8 Å². The third-order valence-corrected chi connectivity index (χ3v) is 5.72. The molecule has 1 aliphatic heterocycles. The van der Waals surface area contributed by atoms with Crippen LogP contribution in [0.1, 0.15) is 25.3 Å². The number of anilines is 1. The quantitative estimate of drug-likeness (QED) is 0.552. The van der Waals surface area contributed by atoms with Gasteiger partial charge in [-0.15, -0.1) is 0 Å². The van der Waals surface area contributed by atoms with Gasteiger partial charge in [-0.1, -0.05) is 18.2 Å². The number of hydrogen-bond donors (Lipinski definition) is 3. The summed E-state index contributed by atoms with van der Waals surface area (Å²) in [6, 6.07) is 13.7. The van der Waals surface area contributed by atoms with Gasteiger partial charge in [-0.25, -0.2) is 4.79 Å². The van der Waals surface area contributed by atoms with E-state index in [1.54, 1.807) is 31.3 Å². The van der Waals surface area contributed by atoms with Gasteiger partial charge in [-0.2, -0.15) is 0 Å². The highest BCUT2D eigenvalue weighted by molar-refractivity contribution is 5.90. The van der Waals surface area contributed by atoms with Crippen molar-refractivity contribution in [3.63, 3.8) is 0 Å². The topological polar surface area (TPSA) is 109 Å². The predicted molar refractivity (Wildman–Crippen MR) is 129 cm³/mol. The Bertz CT molecular complexity index is 1000. The number of rotatable bonds is 8. The van der Waals surface area contributed by atoms with E-state index in [0.29, 0.717) is 49.5 Å². The van der Waals surface area contributed by atoms with Crippen molar-refractivity contribution in [2.45, 2.75) is 38.3 Å². The number of methoxy groups -OCH3 is 2. The lowest BCUT2D eigenvalue weighted by Crippen LogP contribution is -2.53. The van der Waals surface area contributed by atoms with E-state index in [9.17, 15) is 14.4 Å². The molecular weight excluding hydrogens is 436 g/mol. The molecule has 1 atom stereocenters. The molecule has 0 aliphatic carbocycles. The molecule has 34 heavy (non-hydrogen) atoms. The Hall–Kier alpha value is -3.75. The first-order valence-electron chi connectivity index (χ1n) is 11.3. The first-order valence-corrected chi connectivity index (χ1v) is 11.3. The largest absolute Gasteiger partial charge is 0.497 e. The van der Waals surface area contributed by atoms with Crippen molar-refractivity contribution in [3.8, 4) is 11.5 Å². The van der Waals surface area contributed by atoms with Crippen LogP contribution in [0.25, 0.3) is 0 Å². The molecule has 1 saturated heterocycles. The van der Waals surface area contributed by atoms with E-state index < -0.39 is 6.04 Å². The van der Waals surface area contributed by atoms with Crippen molar-refractivity contribution in [3.05, 3.63) is 54.1 Å². The van der Waals surface area contributed by atoms with Crippen molar-refractivity contribution >= 4 is 23.5 Å². The van der Waals surface area contributed by atoms with Gasteiger partial charge in [0.25, 0.3) is 0 Å². The van der Waals surface area contributed by atoms with Gasteiger partial charge in [0.1, 0.15) is 17.5 Å². The third-order valence-electron chi connectivity index (χ3n) is 5.72. The number of hydrogen-bond acceptors (Lipinski definition) is 5. The van der Waals surface area contributed by atoms with Crippen molar-refractivity contribution in [2.24, 2.45) is 0 Å². The van der Waals surface area contributed by atoms with Crippen LogP contribution in [0.5, 0.6) is 11.5 Å². The minimum Gasteiger partial charge on any atom is -0.497 e. The molecule has 3 N–H and O–H groups in total. The Labute approximate surface area is 199 Å². The first kappa shape index (κ1) is 24.9. The van der Waals surface area contributed by atoms with Gasteiger partial charge in [0.05, 0.1) is 14.2 Å². The van der Waals surface area contributed by atoms with Gasteiger partial charge in [-0.3, -0.25) is 9.59 Å². The molecule has 3 rings (SSSR count). The first-order chi connectivity index (χ1) is 16.4. The van der Waals surface area contributed by atoms with Crippen LogP contribution in [0.3, 0.4) is 0 Å². The lowest BCUT2D eigenvalue weighted by molar-refractivity contribution is -0.128. The van der Waals surface area contributed by atoms with Gasteiger partial charge in [-0.05, 0) is 42.7 Å². The molecule has 9 heteroatoms. The summed E-state index contributed by atoms with van der Waals surface area (Å²) in [6.07, 6.45) is 1.61. The summed E-state index contributed by atoms with van der Waals surface area (Å²) in [6.45, 7) is 2.42. The molecule has 0 radical (unpaired) electrons. The summed E-state index contributed by atoms with van der Waals surface area (Å²) in [4.78, 5) is 39.0. The third kappa shape index (κ3) is 7.13. The van der Waals surface area contributed by atoms with E-state index in [4.69, 9.17) is 9.47 Å². The Kier molecular flexibility index (Phi) is 8.73. The number of piperidine rings is 1. The number of nitrogens with one attached hydrogen (secondary N) is 3. The van der Waals surface area contributed by atoms with E-state index in [-0.39, 0.29) is 23.9 Å². The second-order valence-electron chi connectivity index (χ2n) is 8.24. The molecule has 0 spiro atoms. The lowest BCUT2D eigenvalue weighted by Gasteiger charge is -2.33. The second-order valence-corrected chi connectivity index (χ2v) is 8.24. The standard InChI is InChI=1S/C25H32N4O5/c1-17(30)26-23(15-18-6-4-8-21(14-18)33-2)24(31)27-19-10-12-29(13-11-19)25(32)28-20-7-5-9-22(16-20)34-3/h4-9,14,16,19,23H,10-13,15H2,1-3H3,(H,26,30)(H,27,31)(H,28,32)/t23-/m0/s1. The SMILES string of the molecule is COc1cccc(C[C@H](NC(C)=O)C(=O)NC2CCN(C(=O)Nc3cccc(OC)c3)CC2)c1. The highest BCUT2D eigenvalue weighted by Gasteiger charge is 2.27. The Morgan fingerprint density at radius 2 is 1.65 bits per heavy atom. The van der Waals surface area contributed by atoms with Gasteiger partial charge < -0.3 is 30.3 Å². The summed E-state index contributed by atoms with van der Waals surface area (Å²) in [5.74, 6) is 0.852. The molecule has 0 unspecified atom stereocenters. The van der Waals surface area contributed by atoms with Gasteiger partial charge >= 0.3 is 6.03 Å². The van der Waals surface area contributed by atoms with Crippen molar-refractivity contribution in [1.82, 2.24) is 15.5 Å². The number of benzene rings is 2. The Balaban J connectivity index is 1.52. The summed E-state index contributed by atoms with van der Waals surface area (Å²) in [7, 11) is 3.16. The zero-order chi connectivity index (χ0) is 24.5. The van der Waals surface area contributed by atoms with E-state index >= 15 is 0 Å². The normalized spacial score (nSPS) is 14.6. The van der Waals surface area contributed by atoms with Crippen LogP contribution in [-0.2, 0) is 16.0 Å². The van der Waals surface area contributed by atoms with Crippen LogP contribution >= 0.6 is 0 Å². The van der Waals surface area contributed by atoms with E-state index in [1.807, 2.05) is 36.4 Å². The zero-order valence-corrected chi connectivity index (χ0v) is 19.8. The van der Waals surface area contributed by atoms with Crippen molar-refractivity contribution in [1.29, 1.82) is 0 Å². The molecule has 1 aliphatic rings. The fourth-order valence-corrected chi connectivity index (χ4v) is 3.92. The molecule has 2 aromatic carbocycles. The maximum Gasteiger partial charge on any atom is 0.321 e. The molecule has 9 nitrogen and oxygen atoms in total. The summed E-state index contributed by atoms with van der Waals surface area (Å²) in [5.41, 5.74) is 1.55. The minimum atomic E-state index is -0.695. The molecule has 1 fully saturated rings. The highest BCUT2D eigenvalue weighted by atomic mass is 16.5. The number of likely N-dealkylation sites (tertiary alicyclic amines) is 1. The Morgan fingerprint density at radius 1 is 1.00 bits per heavy atom.